The molecule has 0 aliphatic carbocycles. The Morgan fingerprint density at radius 1 is 1.45 bits per heavy atom. The largest absolute Gasteiger partial charge is 0.454 e. The highest BCUT2D eigenvalue weighted by molar-refractivity contribution is 6.32. The summed E-state index contributed by atoms with van der Waals surface area (Å²) >= 11 is 6.20. The van der Waals surface area contributed by atoms with Gasteiger partial charge in [-0.3, -0.25) is 4.90 Å². The Hall–Kier alpha value is -1.01. The van der Waals surface area contributed by atoms with Crippen LogP contribution in [0.5, 0.6) is 11.5 Å². The van der Waals surface area contributed by atoms with Crippen molar-refractivity contribution < 1.29 is 14.2 Å². The minimum atomic E-state index is 0.0399. The molecule has 0 radical (unpaired) electrons. The van der Waals surface area contributed by atoms with E-state index in [1.165, 1.54) is 0 Å². The van der Waals surface area contributed by atoms with Gasteiger partial charge in [-0.2, -0.15) is 0 Å². The Morgan fingerprint density at radius 2 is 2.30 bits per heavy atom. The topological polar surface area (TPSA) is 57.0 Å². The van der Waals surface area contributed by atoms with Gasteiger partial charge in [0.15, 0.2) is 11.5 Å². The van der Waals surface area contributed by atoms with Gasteiger partial charge in [-0.05, 0) is 24.6 Å². The summed E-state index contributed by atoms with van der Waals surface area (Å²) in [6.07, 6.45) is 0.0910. The zero-order valence-corrected chi connectivity index (χ0v) is 12.2. The lowest BCUT2D eigenvalue weighted by Crippen LogP contribution is -2.49. The van der Waals surface area contributed by atoms with Gasteiger partial charge in [0, 0.05) is 25.7 Å². The van der Waals surface area contributed by atoms with Crippen molar-refractivity contribution in [3.05, 3.63) is 22.7 Å². The number of rotatable bonds is 3. The van der Waals surface area contributed by atoms with Crippen molar-refractivity contribution in [1.29, 1.82) is 0 Å². The number of benzene rings is 1. The molecule has 6 heteroatoms. The molecule has 2 aliphatic heterocycles. The molecule has 0 saturated carbocycles. The third kappa shape index (κ3) is 2.86. The van der Waals surface area contributed by atoms with Crippen LogP contribution in [-0.4, -0.2) is 43.5 Å². The predicted molar refractivity (Wildman–Crippen MR) is 76.2 cm³/mol. The highest BCUT2D eigenvalue weighted by Gasteiger charge is 2.24. The molecular formula is C14H19ClN2O3. The van der Waals surface area contributed by atoms with Crippen molar-refractivity contribution in [2.24, 2.45) is 5.73 Å². The van der Waals surface area contributed by atoms with Gasteiger partial charge in [-0.25, -0.2) is 0 Å². The van der Waals surface area contributed by atoms with Gasteiger partial charge < -0.3 is 19.9 Å². The third-order valence-corrected chi connectivity index (χ3v) is 3.94. The summed E-state index contributed by atoms with van der Waals surface area (Å²) < 4.78 is 16.4. The Morgan fingerprint density at radius 3 is 3.10 bits per heavy atom. The van der Waals surface area contributed by atoms with Crippen LogP contribution in [0.25, 0.3) is 0 Å². The standard InChI is InChI=1S/C14H19ClN2O3/c1-9(16)13-7-17(2-3-18-13)6-10-4-11(15)14-12(5-10)19-8-20-14/h4-5,9,13H,2-3,6-8,16H2,1H3. The minimum absolute atomic E-state index is 0.0399. The van der Waals surface area contributed by atoms with E-state index in [0.717, 1.165) is 30.9 Å². The number of fused-ring (bicyclic) bond motifs is 1. The quantitative estimate of drug-likeness (QED) is 0.919. The van der Waals surface area contributed by atoms with E-state index in [1.54, 1.807) is 0 Å². The molecule has 2 N–H and O–H groups in total. The number of nitrogens with two attached hydrogens (primary N) is 1. The molecule has 3 rings (SSSR count). The normalized spacial score (nSPS) is 23.9. The minimum Gasteiger partial charge on any atom is -0.454 e. The van der Waals surface area contributed by atoms with E-state index in [9.17, 15) is 0 Å². The number of nitrogens with zero attached hydrogens (tertiary/aromatic N) is 1. The molecule has 5 nitrogen and oxygen atoms in total. The van der Waals surface area contributed by atoms with E-state index in [0.29, 0.717) is 17.4 Å². The van der Waals surface area contributed by atoms with Gasteiger partial charge in [0.25, 0.3) is 0 Å². The Labute approximate surface area is 123 Å². The average Bonchev–Trinajstić information content (AvgIpc) is 2.88. The van der Waals surface area contributed by atoms with Crippen molar-refractivity contribution in [3.63, 3.8) is 0 Å². The molecule has 0 aromatic heterocycles. The number of ether oxygens (including phenoxy) is 3. The summed E-state index contributed by atoms with van der Waals surface area (Å²) in [4.78, 5) is 2.32. The van der Waals surface area contributed by atoms with E-state index in [1.807, 2.05) is 19.1 Å². The van der Waals surface area contributed by atoms with Crippen LogP contribution >= 0.6 is 11.6 Å². The number of hydrogen-bond acceptors (Lipinski definition) is 5. The first-order valence-electron chi connectivity index (χ1n) is 6.81. The lowest BCUT2D eigenvalue weighted by atomic mass is 10.1. The zero-order valence-electron chi connectivity index (χ0n) is 11.5. The van der Waals surface area contributed by atoms with Crippen LogP contribution in [0.3, 0.4) is 0 Å². The van der Waals surface area contributed by atoms with Crippen LogP contribution in [0, 0.1) is 0 Å². The lowest BCUT2D eigenvalue weighted by Gasteiger charge is -2.34. The molecule has 0 spiro atoms. The summed E-state index contributed by atoms with van der Waals surface area (Å²) in [7, 11) is 0. The predicted octanol–water partition coefficient (Wildman–Crippen LogP) is 1.62. The maximum Gasteiger partial charge on any atom is 0.231 e. The second-order valence-electron chi connectivity index (χ2n) is 5.31. The van der Waals surface area contributed by atoms with E-state index in [-0.39, 0.29) is 18.9 Å². The first-order valence-corrected chi connectivity index (χ1v) is 7.19. The molecule has 1 aromatic carbocycles. The molecule has 1 saturated heterocycles. The summed E-state index contributed by atoms with van der Waals surface area (Å²) in [5.74, 6) is 1.37. The second kappa shape index (κ2) is 5.77. The summed E-state index contributed by atoms with van der Waals surface area (Å²) in [6, 6.07) is 3.97. The van der Waals surface area contributed by atoms with Crippen LogP contribution in [0.1, 0.15) is 12.5 Å². The second-order valence-corrected chi connectivity index (χ2v) is 5.72. The average molecular weight is 299 g/mol. The SMILES string of the molecule is CC(N)C1CN(Cc2cc(Cl)c3c(c2)OCO3)CCO1. The van der Waals surface area contributed by atoms with Gasteiger partial charge in [0.2, 0.25) is 6.79 Å². The molecule has 0 amide bonds. The van der Waals surface area contributed by atoms with Gasteiger partial charge >= 0.3 is 0 Å². The molecule has 110 valence electrons. The Kier molecular flexibility index (Phi) is 4.03. The number of hydrogen-bond donors (Lipinski definition) is 1. The van der Waals surface area contributed by atoms with Crippen LogP contribution in [0.4, 0.5) is 0 Å². The number of morpholine rings is 1. The summed E-state index contributed by atoms with van der Waals surface area (Å²) in [5.41, 5.74) is 7.03. The molecule has 2 unspecified atom stereocenters. The maximum atomic E-state index is 6.20. The monoisotopic (exact) mass is 298 g/mol. The first-order chi connectivity index (χ1) is 9.63. The first kappa shape index (κ1) is 13.9. The molecule has 20 heavy (non-hydrogen) atoms. The fourth-order valence-corrected chi connectivity index (χ4v) is 2.85. The molecule has 1 aromatic rings. The molecule has 2 heterocycles. The molecule has 0 bridgehead atoms. The fraction of sp³-hybridized carbons (Fsp3) is 0.571. The van der Waals surface area contributed by atoms with Gasteiger partial charge in [-0.15, -0.1) is 0 Å². The van der Waals surface area contributed by atoms with E-state index in [4.69, 9.17) is 31.5 Å². The number of halogens is 1. The van der Waals surface area contributed by atoms with Gasteiger partial charge in [-0.1, -0.05) is 11.6 Å². The van der Waals surface area contributed by atoms with Crippen LogP contribution in [0.15, 0.2) is 12.1 Å². The van der Waals surface area contributed by atoms with Gasteiger partial charge in [0.1, 0.15) is 0 Å². The van der Waals surface area contributed by atoms with Crippen molar-refractivity contribution >= 4 is 11.6 Å². The summed E-state index contributed by atoms with van der Waals surface area (Å²) in [6.45, 7) is 5.47. The van der Waals surface area contributed by atoms with Crippen molar-refractivity contribution in [2.75, 3.05) is 26.5 Å². The molecular weight excluding hydrogens is 280 g/mol. The zero-order chi connectivity index (χ0) is 14.1. The third-order valence-electron chi connectivity index (χ3n) is 3.66. The van der Waals surface area contributed by atoms with Crippen molar-refractivity contribution in [2.45, 2.75) is 25.6 Å². The van der Waals surface area contributed by atoms with Crippen LogP contribution in [0.2, 0.25) is 5.02 Å². The molecule has 2 atom stereocenters. The van der Waals surface area contributed by atoms with Crippen molar-refractivity contribution in [1.82, 2.24) is 4.90 Å². The highest BCUT2D eigenvalue weighted by Crippen LogP contribution is 2.40. The fourth-order valence-electron chi connectivity index (χ4n) is 2.56. The Balaban J connectivity index is 1.70. The molecule has 2 aliphatic rings. The van der Waals surface area contributed by atoms with Crippen LogP contribution in [-0.2, 0) is 11.3 Å². The van der Waals surface area contributed by atoms with Gasteiger partial charge in [0.05, 0.1) is 17.7 Å². The van der Waals surface area contributed by atoms with Crippen LogP contribution < -0.4 is 15.2 Å². The smallest absolute Gasteiger partial charge is 0.231 e. The highest BCUT2D eigenvalue weighted by atomic mass is 35.5. The molecule has 1 fully saturated rings. The van der Waals surface area contributed by atoms with E-state index >= 15 is 0 Å². The summed E-state index contributed by atoms with van der Waals surface area (Å²) in [5, 5.41) is 0.604. The van der Waals surface area contributed by atoms with E-state index in [2.05, 4.69) is 4.90 Å². The lowest BCUT2D eigenvalue weighted by molar-refractivity contribution is -0.0403. The van der Waals surface area contributed by atoms with E-state index < -0.39 is 0 Å². The Bertz CT molecular complexity index is 496. The maximum absolute atomic E-state index is 6.20. The van der Waals surface area contributed by atoms with Crippen molar-refractivity contribution in [3.8, 4) is 11.5 Å².